The molecular weight excluding hydrogens is 293 g/mol. The van der Waals surface area contributed by atoms with Crippen LogP contribution in [0.1, 0.15) is 23.7 Å². The molecular formula is C11H13BrClNO2. The van der Waals surface area contributed by atoms with Gasteiger partial charge in [0.05, 0.1) is 16.7 Å². The minimum atomic E-state index is -0.418. The Morgan fingerprint density at radius 2 is 2.31 bits per heavy atom. The highest BCUT2D eigenvalue weighted by Crippen LogP contribution is 2.25. The highest BCUT2D eigenvalue weighted by Gasteiger charge is 2.11. The van der Waals surface area contributed by atoms with Crippen molar-refractivity contribution < 1.29 is 9.90 Å². The van der Waals surface area contributed by atoms with Crippen molar-refractivity contribution in [3.8, 4) is 0 Å². The van der Waals surface area contributed by atoms with E-state index in [0.717, 1.165) is 0 Å². The van der Waals surface area contributed by atoms with Gasteiger partial charge >= 0.3 is 0 Å². The minimum absolute atomic E-state index is 0.230. The van der Waals surface area contributed by atoms with Crippen LogP contribution in [-0.2, 0) is 0 Å². The number of halogens is 2. The lowest BCUT2D eigenvalue weighted by atomic mass is 10.2. The number of nitrogens with one attached hydrogen (secondary N) is 1. The molecule has 1 atom stereocenters. The van der Waals surface area contributed by atoms with Gasteiger partial charge in [-0.1, -0.05) is 17.7 Å². The SMILES string of the molecule is CC(O)CCNC(=O)c1cccc(Br)c1Cl. The van der Waals surface area contributed by atoms with Crippen LogP contribution in [-0.4, -0.2) is 23.7 Å². The molecule has 1 rings (SSSR count). The van der Waals surface area contributed by atoms with Crippen molar-refractivity contribution in [2.75, 3.05) is 6.54 Å². The number of aliphatic hydroxyl groups is 1. The van der Waals surface area contributed by atoms with E-state index in [1.807, 2.05) is 0 Å². The van der Waals surface area contributed by atoms with Gasteiger partial charge in [-0.2, -0.15) is 0 Å². The van der Waals surface area contributed by atoms with Crippen molar-refractivity contribution in [2.45, 2.75) is 19.4 Å². The first-order valence-corrected chi connectivity index (χ1v) is 6.09. The maximum atomic E-state index is 11.7. The van der Waals surface area contributed by atoms with E-state index in [-0.39, 0.29) is 5.91 Å². The molecule has 16 heavy (non-hydrogen) atoms. The van der Waals surface area contributed by atoms with Crippen LogP contribution in [0.15, 0.2) is 22.7 Å². The van der Waals surface area contributed by atoms with Gasteiger partial charge in [0.2, 0.25) is 0 Å². The molecule has 1 unspecified atom stereocenters. The van der Waals surface area contributed by atoms with Gasteiger partial charge < -0.3 is 10.4 Å². The molecule has 1 aromatic carbocycles. The maximum absolute atomic E-state index is 11.7. The molecule has 0 aromatic heterocycles. The van der Waals surface area contributed by atoms with Gasteiger partial charge in [-0.15, -0.1) is 0 Å². The topological polar surface area (TPSA) is 49.3 Å². The fraction of sp³-hybridized carbons (Fsp3) is 0.364. The van der Waals surface area contributed by atoms with Crippen molar-refractivity contribution >= 4 is 33.4 Å². The summed E-state index contributed by atoms with van der Waals surface area (Å²) in [7, 11) is 0. The zero-order valence-electron chi connectivity index (χ0n) is 8.84. The lowest BCUT2D eigenvalue weighted by Gasteiger charge is -2.08. The molecule has 1 amide bonds. The van der Waals surface area contributed by atoms with Crippen LogP contribution in [0.3, 0.4) is 0 Å². The molecule has 0 aliphatic heterocycles. The van der Waals surface area contributed by atoms with Gasteiger partial charge in [-0.05, 0) is 41.4 Å². The number of hydrogen-bond donors (Lipinski definition) is 2. The van der Waals surface area contributed by atoms with Gasteiger partial charge in [-0.25, -0.2) is 0 Å². The Kier molecular flexibility index (Phi) is 5.25. The van der Waals surface area contributed by atoms with Gasteiger partial charge in [-0.3, -0.25) is 4.79 Å². The summed E-state index contributed by atoms with van der Waals surface area (Å²) in [5, 5.41) is 12.1. The van der Waals surface area contributed by atoms with Crippen molar-refractivity contribution in [1.29, 1.82) is 0 Å². The monoisotopic (exact) mass is 305 g/mol. The first kappa shape index (κ1) is 13.5. The van der Waals surface area contributed by atoms with Crippen LogP contribution in [0.25, 0.3) is 0 Å². The van der Waals surface area contributed by atoms with Gasteiger partial charge in [0.15, 0.2) is 0 Å². The average molecular weight is 307 g/mol. The number of carbonyl (C=O) groups is 1. The van der Waals surface area contributed by atoms with E-state index in [4.69, 9.17) is 16.7 Å². The first-order chi connectivity index (χ1) is 7.52. The highest BCUT2D eigenvalue weighted by atomic mass is 79.9. The molecule has 0 saturated heterocycles. The second kappa shape index (κ2) is 6.23. The number of carbonyl (C=O) groups excluding carboxylic acids is 1. The van der Waals surface area contributed by atoms with Crippen LogP contribution >= 0.6 is 27.5 Å². The molecule has 0 saturated carbocycles. The predicted octanol–water partition coefficient (Wildman–Crippen LogP) is 2.60. The second-order valence-corrected chi connectivity index (χ2v) is 4.73. The molecule has 0 aliphatic carbocycles. The fourth-order valence-corrected chi connectivity index (χ4v) is 1.75. The number of benzene rings is 1. The summed E-state index contributed by atoms with van der Waals surface area (Å²) in [5.74, 6) is -0.230. The Morgan fingerprint density at radius 1 is 1.62 bits per heavy atom. The molecule has 0 radical (unpaired) electrons. The van der Waals surface area contributed by atoms with Crippen molar-refractivity contribution in [3.63, 3.8) is 0 Å². The summed E-state index contributed by atoms with van der Waals surface area (Å²) < 4.78 is 0.692. The van der Waals surface area contributed by atoms with Crippen LogP contribution in [0, 0.1) is 0 Å². The summed E-state index contributed by atoms with van der Waals surface area (Å²) in [6.07, 6.45) is 0.107. The van der Waals surface area contributed by atoms with Crippen LogP contribution in [0.2, 0.25) is 5.02 Å². The Labute approximate surface area is 108 Å². The van der Waals surface area contributed by atoms with Crippen LogP contribution < -0.4 is 5.32 Å². The quantitative estimate of drug-likeness (QED) is 0.898. The molecule has 3 nitrogen and oxygen atoms in total. The summed E-state index contributed by atoms with van der Waals surface area (Å²) in [6, 6.07) is 5.18. The zero-order valence-corrected chi connectivity index (χ0v) is 11.2. The van der Waals surface area contributed by atoms with Crippen molar-refractivity contribution in [1.82, 2.24) is 5.32 Å². The third-order valence-corrected chi connectivity index (χ3v) is 3.34. The first-order valence-electron chi connectivity index (χ1n) is 4.92. The average Bonchev–Trinajstić information content (AvgIpc) is 2.21. The van der Waals surface area contributed by atoms with Crippen molar-refractivity contribution in [3.05, 3.63) is 33.3 Å². The molecule has 1 aromatic rings. The third-order valence-electron chi connectivity index (χ3n) is 2.04. The minimum Gasteiger partial charge on any atom is -0.393 e. The van der Waals surface area contributed by atoms with E-state index < -0.39 is 6.10 Å². The zero-order chi connectivity index (χ0) is 12.1. The number of rotatable bonds is 4. The van der Waals surface area contributed by atoms with E-state index in [2.05, 4.69) is 21.2 Å². The second-order valence-electron chi connectivity index (χ2n) is 3.49. The smallest absolute Gasteiger partial charge is 0.252 e. The van der Waals surface area contributed by atoms with E-state index in [1.165, 1.54) is 0 Å². The Hall–Kier alpha value is -0.580. The Balaban J connectivity index is 2.63. The fourth-order valence-electron chi connectivity index (χ4n) is 1.17. The number of aliphatic hydroxyl groups excluding tert-OH is 1. The molecule has 0 aliphatic rings. The lowest BCUT2D eigenvalue weighted by molar-refractivity contribution is 0.0945. The van der Waals surface area contributed by atoms with Crippen molar-refractivity contribution in [2.24, 2.45) is 0 Å². The Morgan fingerprint density at radius 3 is 2.94 bits per heavy atom. The summed E-state index contributed by atoms with van der Waals surface area (Å²) in [4.78, 5) is 11.7. The number of hydrogen-bond acceptors (Lipinski definition) is 2. The Bertz CT molecular complexity index is 382. The standard InChI is InChI=1S/C11H13BrClNO2/c1-7(15)5-6-14-11(16)8-3-2-4-9(12)10(8)13/h2-4,7,15H,5-6H2,1H3,(H,14,16). The molecule has 5 heteroatoms. The molecule has 0 fully saturated rings. The molecule has 0 bridgehead atoms. The van der Waals surface area contributed by atoms with Crippen LogP contribution in [0.4, 0.5) is 0 Å². The normalized spacial score (nSPS) is 12.2. The van der Waals surface area contributed by atoms with E-state index in [0.29, 0.717) is 28.0 Å². The molecule has 88 valence electrons. The van der Waals surface area contributed by atoms with Gasteiger partial charge in [0, 0.05) is 11.0 Å². The highest BCUT2D eigenvalue weighted by molar-refractivity contribution is 9.10. The molecule has 2 N–H and O–H groups in total. The van der Waals surface area contributed by atoms with E-state index in [1.54, 1.807) is 25.1 Å². The predicted molar refractivity (Wildman–Crippen MR) is 67.8 cm³/mol. The molecule has 0 heterocycles. The third kappa shape index (κ3) is 3.77. The summed E-state index contributed by atoms with van der Waals surface area (Å²) in [6.45, 7) is 2.11. The summed E-state index contributed by atoms with van der Waals surface area (Å²) in [5.41, 5.74) is 0.432. The largest absolute Gasteiger partial charge is 0.393 e. The lowest BCUT2D eigenvalue weighted by Crippen LogP contribution is -2.26. The van der Waals surface area contributed by atoms with E-state index in [9.17, 15) is 4.79 Å². The van der Waals surface area contributed by atoms with Gasteiger partial charge in [0.1, 0.15) is 0 Å². The summed E-state index contributed by atoms with van der Waals surface area (Å²) >= 11 is 9.23. The molecule has 0 spiro atoms. The number of amides is 1. The van der Waals surface area contributed by atoms with Crippen LogP contribution in [0.5, 0.6) is 0 Å². The maximum Gasteiger partial charge on any atom is 0.252 e. The van der Waals surface area contributed by atoms with Gasteiger partial charge in [0.25, 0.3) is 5.91 Å². The van der Waals surface area contributed by atoms with E-state index >= 15 is 0 Å².